The number of benzene rings is 1. The van der Waals surface area contributed by atoms with Gasteiger partial charge in [0.05, 0.1) is 17.9 Å². The smallest absolute Gasteiger partial charge is 0.271 e. The molecular formula is C21H27N3O5S2. The van der Waals surface area contributed by atoms with Crippen LogP contribution in [0, 0.1) is 12.3 Å². The Morgan fingerprint density at radius 3 is 2.65 bits per heavy atom. The van der Waals surface area contributed by atoms with Gasteiger partial charge < -0.3 is 15.5 Å². The van der Waals surface area contributed by atoms with E-state index in [-0.39, 0.29) is 16.6 Å². The maximum absolute atomic E-state index is 12.7. The predicted molar refractivity (Wildman–Crippen MR) is 121 cm³/mol. The summed E-state index contributed by atoms with van der Waals surface area (Å²) in [5.41, 5.74) is 0.892. The van der Waals surface area contributed by atoms with Crippen LogP contribution < -0.4 is 10.0 Å². The highest BCUT2D eigenvalue weighted by Crippen LogP contribution is 2.18. The van der Waals surface area contributed by atoms with E-state index < -0.39 is 34.2 Å². The van der Waals surface area contributed by atoms with Crippen molar-refractivity contribution in [2.24, 2.45) is 0 Å². The number of hydrogen-bond acceptors (Lipinski definition) is 7. The number of nitrogens with one attached hydrogen (secondary N) is 2. The molecule has 2 aromatic rings. The van der Waals surface area contributed by atoms with E-state index in [9.17, 15) is 23.4 Å². The highest BCUT2D eigenvalue weighted by atomic mass is 32.2. The van der Waals surface area contributed by atoms with Gasteiger partial charge in [0, 0.05) is 11.8 Å². The zero-order chi connectivity index (χ0) is 22.9. The summed E-state index contributed by atoms with van der Waals surface area (Å²) in [7, 11) is -3.51. The van der Waals surface area contributed by atoms with E-state index in [1.54, 1.807) is 0 Å². The van der Waals surface area contributed by atoms with Crippen molar-refractivity contribution in [2.75, 3.05) is 10.5 Å². The Labute approximate surface area is 186 Å². The summed E-state index contributed by atoms with van der Waals surface area (Å²) in [4.78, 5) is 16.7. The summed E-state index contributed by atoms with van der Waals surface area (Å²) in [6.07, 6.45) is 4.56. The average molecular weight is 466 g/mol. The average Bonchev–Trinajstić information content (AvgIpc) is 3.21. The Morgan fingerprint density at radius 2 is 2.00 bits per heavy atom. The number of aliphatic hydroxyl groups excluding tert-OH is 2. The van der Waals surface area contributed by atoms with Crippen LogP contribution >= 0.6 is 11.3 Å². The second-order valence-corrected chi connectivity index (χ2v) is 9.84. The quantitative estimate of drug-likeness (QED) is 0.279. The number of aromatic nitrogens is 1. The second kappa shape index (κ2) is 11.8. The summed E-state index contributed by atoms with van der Waals surface area (Å²) < 4.78 is 25.7. The van der Waals surface area contributed by atoms with Gasteiger partial charge in [-0.3, -0.25) is 9.52 Å². The molecule has 3 atom stereocenters. The molecule has 4 N–H and O–H groups in total. The minimum atomic E-state index is -3.51. The van der Waals surface area contributed by atoms with Gasteiger partial charge in [-0.15, -0.1) is 23.7 Å². The maximum atomic E-state index is 12.7. The molecule has 10 heteroatoms. The van der Waals surface area contributed by atoms with E-state index in [1.165, 1.54) is 12.3 Å². The highest BCUT2D eigenvalue weighted by molar-refractivity contribution is 7.92. The van der Waals surface area contributed by atoms with Gasteiger partial charge in [-0.2, -0.15) is 0 Å². The third-order valence-corrected chi connectivity index (χ3v) is 6.75. The number of amides is 1. The topological polar surface area (TPSA) is 129 Å². The minimum absolute atomic E-state index is 0.0193. The lowest BCUT2D eigenvalue weighted by molar-refractivity contribution is -0.00790. The van der Waals surface area contributed by atoms with Crippen molar-refractivity contribution in [3.05, 3.63) is 47.0 Å². The summed E-state index contributed by atoms with van der Waals surface area (Å²) in [5, 5.41) is 25.3. The number of hydrogen-bond donors (Lipinski definition) is 4. The van der Waals surface area contributed by atoms with Crippen LogP contribution in [-0.4, -0.2) is 53.5 Å². The van der Waals surface area contributed by atoms with Gasteiger partial charge in [-0.25, -0.2) is 13.4 Å². The molecule has 3 unspecified atom stereocenters. The number of anilines is 1. The molecule has 168 valence electrons. The Hall–Kier alpha value is -2.45. The SMILES string of the molecule is C#CCCCC(O)C(O)C(Cc1ccccc1)NC(=O)c1csc(NS(=O)(=O)CC)n1. The van der Waals surface area contributed by atoms with Crippen molar-refractivity contribution in [1.82, 2.24) is 10.3 Å². The lowest BCUT2D eigenvalue weighted by Gasteiger charge is -2.27. The van der Waals surface area contributed by atoms with Crippen LogP contribution in [0.5, 0.6) is 0 Å². The molecule has 0 aliphatic carbocycles. The molecule has 2 rings (SSSR count). The Bertz CT molecular complexity index is 986. The van der Waals surface area contributed by atoms with Gasteiger partial charge in [0.1, 0.15) is 11.8 Å². The molecule has 0 saturated carbocycles. The fourth-order valence-electron chi connectivity index (χ4n) is 2.85. The zero-order valence-electron chi connectivity index (χ0n) is 17.2. The normalized spacial score (nSPS) is 14.3. The first-order valence-electron chi connectivity index (χ1n) is 9.86. The van der Waals surface area contributed by atoms with Gasteiger partial charge in [0.2, 0.25) is 10.0 Å². The largest absolute Gasteiger partial charge is 0.390 e. The van der Waals surface area contributed by atoms with Crippen LogP contribution in [0.1, 0.15) is 42.2 Å². The highest BCUT2D eigenvalue weighted by Gasteiger charge is 2.29. The van der Waals surface area contributed by atoms with Crippen LogP contribution in [-0.2, 0) is 16.4 Å². The number of sulfonamides is 1. The van der Waals surface area contributed by atoms with E-state index in [4.69, 9.17) is 6.42 Å². The lowest BCUT2D eigenvalue weighted by Crippen LogP contribution is -2.49. The van der Waals surface area contributed by atoms with E-state index in [2.05, 4.69) is 20.9 Å². The predicted octanol–water partition coefficient (Wildman–Crippen LogP) is 1.77. The molecule has 0 saturated heterocycles. The first-order chi connectivity index (χ1) is 14.8. The Balaban J connectivity index is 2.13. The molecule has 0 spiro atoms. The van der Waals surface area contributed by atoms with Crippen molar-refractivity contribution in [2.45, 2.75) is 50.9 Å². The van der Waals surface area contributed by atoms with Gasteiger partial charge in [0.25, 0.3) is 5.91 Å². The molecule has 0 radical (unpaired) electrons. The maximum Gasteiger partial charge on any atom is 0.271 e. The van der Waals surface area contributed by atoms with Crippen LogP contribution in [0.25, 0.3) is 0 Å². The number of nitrogens with zero attached hydrogens (tertiary/aromatic N) is 1. The molecule has 0 aliphatic heterocycles. The number of unbranched alkanes of at least 4 members (excludes halogenated alkanes) is 1. The Morgan fingerprint density at radius 1 is 1.29 bits per heavy atom. The molecule has 8 nitrogen and oxygen atoms in total. The van der Waals surface area contributed by atoms with Crippen LogP contribution in [0.2, 0.25) is 0 Å². The van der Waals surface area contributed by atoms with Crippen LogP contribution in [0.15, 0.2) is 35.7 Å². The first-order valence-corrected chi connectivity index (χ1v) is 12.4. The fraction of sp³-hybridized carbons (Fsp3) is 0.429. The number of carbonyl (C=O) groups is 1. The third-order valence-electron chi connectivity index (χ3n) is 4.60. The number of rotatable bonds is 12. The summed E-state index contributed by atoms with van der Waals surface area (Å²) in [6, 6.07) is 8.48. The van der Waals surface area contributed by atoms with Gasteiger partial charge in [0.15, 0.2) is 5.13 Å². The van der Waals surface area contributed by atoms with Crippen LogP contribution in [0.4, 0.5) is 5.13 Å². The van der Waals surface area contributed by atoms with Crippen molar-refractivity contribution in [1.29, 1.82) is 0 Å². The van der Waals surface area contributed by atoms with Crippen molar-refractivity contribution < 1.29 is 23.4 Å². The number of terminal acetylenes is 1. The van der Waals surface area contributed by atoms with E-state index >= 15 is 0 Å². The number of carbonyl (C=O) groups excluding carboxylic acids is 1. The fourth-order valence-corrected chi connectivity index (χ4v) is 4.41. The zero-order valence-corrected chi connectivity index (χ0v) is 18.8. The second-order valence-electron chi connectivity index (χ2n) is 6.97. The van der Waals surface area contributed by atoms with Gasteiger partial charge in [-0.05, 0) is 31.7 Å². The standard InChI is InChI=1S/C21H27N3O5S2/c1-3-5-7-12-18(25)19(26)16(13-15-10-8-6-9-11-15)22-20(27)17-14-30-21(23-17)24-31(28,29)4-2/h1,6,8-11,14,16,18-19,25-26H,4-5,7,12-13H2,2H3,(H,22,27)(H,23,24). The molecule has 0 aliphatic rings. The molecule has 1 aromatic carbocycles. The molecule has 1 heterocycles. The molecule has 1 aromatic heterocycles. The van der Waals surface area contributed by atoms with E-state index in [0.717, 1.165) is 16.9 Å². The van der Waals surface area contributed by atoms with E-state index in [1.807, 2.05) is 30.3 Å². The van der Waals surface area contributed by atoms with Gasteiger partial charge in [-0.1, -0.05) is 30.3 Å². The molecule has 0 bridgehead atoms. The summed E-state index contributed by atoms with van der Waals surface area (Å²) >= 11 is 0.987. The van der Waals surface area contributed by atoms with Crippen molar-refractivity contribution >= 4 is 32.4 Å². The Kier molecular flexibility index (Phi) is 9.45. The first kappa shape index (κ1) is 24.8. The van der Waals surface area contributed by atoms with Gasteiger partial charge >= 0.3 is 0 Å². The molecule has 0 fully saturated rings. The lowest BCUT2D eigenvalue weighted by atomic mass is 9.95. The summed E-state index contributed by atoms with van der Waals surface area (Å²) in [5.74, 6) is 1.80. The molecular weight excluding hydrogens is 438 g/mol. The molecule has 31 heavy (non-hydrogen) atoms. The van der Waals surface area contributed by atoms with Crippen molar-refractivity contribution in [3.8, 4) is 12.3 Å². The van der Waals surface area contributed by atoms with Crippen molar-refractivity contribution in [3.63, 3.8) is 0 Å². The third kappa shape index (κ3) is 7.95. The summed E-state index contributed by atoms with van der Waals surface area (Å²) in [6.45, 7) is 1.49. The monoisotopic (exact) mass is 465 g/mol. The number of aliphatic hydroxyl groups is 2. The van der Waals surface area contributed by atoms with E-state index in [0.29, 0.717) is 25.7 Å². The minimum Gasteiger partial charge on any atom is -0.390 e. The number of thiazole rings is 1. The van der Waals surface area contributed by atoms with Crippen LogP contribution in [0.3, 0.4) is 0 Å². The molecule has 1 amide bonds.